The Morgan fingerprint density at radius 1 is 1.47 bits per heavy atom. The Labute approximate surface area is 86.6 Å². The number of hydrogen-bond donors (Lipinski definition) is 2. The molecule has 15 heavy (non-hydrogen) atoms. The summed E-state index contributed by atoms with van der Waals surface area (Å²) in [6.45, 7) is 0.490. The van der Waals surface area contributed by atoms with Crippen molar-refractivity contribution in [2.75, 3.05) is 6.61 Å². The van der Waals surface area contributed by atoms with Gasteiger partial charge in [-0.15, -0.1) is 0 Å². The van der Waals surface area contributed by atoms with Crippen molar-refractivity contribution < 1.29 is 24.2 Å². The molecule has 0 aromatic carbocycles. The van der Waals surface area contributed by atoms with Gasteiger partial charge in [-0.1, -0.05) is 5.92 Å². The van der Waals surface area contributed by atoms with E-state index in [1.807, 2.05) is 0 Å². The van der Waals surface area contributed by atoms with Crippen molar-refractivity contribution in [1.82, 2.24) is 5.32 Å². The maximum atomic E-state index is 10.9. The molecule has 0 saturated heterocycles. The van der Waals surface area contributed by atoms with Crippen LogP contribution in [0.1, 0.15) is 19.3 Å². The molecule has 0 spiro atoms. The molecule has 0 saturated carbocycles. The Bertz CT molecular complexity index is 289. The maximum Gasteiger partial charge on any atom is 0.315 e. The largest absolute Gasteiger partial charge is 0.481 e. The van der Waals surface area contributed by atoms with Crippen molar-refractivity contribution in [2.45, 2.75) is 19.3 Å². The first-order valence-corrected chi connectivity index (χ1v) is 4.20. The van der Waals surface area contributed by atoms with Gasteiger partial charge in [0.2, 0.25) is 5.91 Å². The van der Waals surface area contributed by atoms with Gasteiger partial charge >= 0.3 is 5.97 Å². The normalized spacial score (nSPS) is 8.27. The van der Waals surface area contributed by atoms with Crippen LogP contribution in [0.15, 0.2) is 0 Å². The fraction of sp³-hybridized carbons (Fsp3) is 0.444. The standard InChI is InChI=1S/C9H11NO5/c11-7-15-6-2-3-8(12)10-5-1-4-9(13)14/h7H,2-4,6H2,(H,10,12)(H,13,14). The van der Waals surface area contributed by atoms with Gasteiger partial charge in [-0.05, 0) is 6.42 Å². The Balaban J connectivity index is 3.51. The predicted octanol–water partition coefficient (Wildman–Crippen LogP) is -0.509. The summed E-state index contributed by atoms with van der Waals surface area (Å²) in [6, 6.07) is 2.22. The minimum absolute atomic E-state index is 0.176. The molecule has 2 N–H and O–H groups in total. The lowest BCUT2D eigenvalue weighted by Crippen LogP contribution is -2.17. The second kappa shape index (κ2) is 8.56. The number of amides is 1. The first kappa shape index (κ1) is 13.0. The van der Waals surface area contributed by atoms with Crippen LogP contribution in [-0.4, -0.2) is 30.1 Å². The predicted molar refractivity (Wildman–Crippen MR) is 49.4 cm³/mol. The molecule has 82 valence electrons. The number of rotatable bonds is 6. The molecule has 0 radical (unpaired) electrons. The van der Waals surface area contributed by atoms with Gasteiger partial charge in [0, 0.05) is 12.5 Å². The number of carbonyl (C=O) groups is 3. The van der Waals surface area contributed by atoms with Gasteiger partial charge in [-0.2, -0.15) is 0 Å². The van der Waals surface area contributed by atoms with Crippen molar-refractivity contribution in [3.05, 3.63) is 0 Å². The molecular weight excluding hydrogens is 202 g/mol. The van der Waals surface area contributed by atoms with E-state index in [0.717, 1.165) is 0 Å². The van der Waals surface area contributed by atoms with Crippen molar-refractivity contribution in [2.24, 2.45) is 0 Å². The van der Waals surface area contributed by atoms with E-state index in [1.54, 1.807) is 0 Å². The average molecular weight is 213 g/mol. The lowest BCUT2D eigenvalue weighted by Gasteiger charge is -1.97. The number of carboxylic acids is 1. The SMILES string of the molecule is O=COCCCC(=O)NC#CCC(=O)O. The summed E-state index contributed by atoms with van der Waals surface area (Å²) < 4.78 is 4.37. The summed E-state index contributed by atoms with van der Waals surface area (Å²) in [5, 5.41) is 10.4. The molecule has 0 unspecified atom stereocenters. The molecule has 0 heterocycles. The lowest BCUT2D eigenvalue weighted by molar-refractivity contribution is -0.135. The molecule has 0 aromatic rings. The van der Waals surface area contributed by atoms with Crippen LogP contribution in [0.2, 0.25) is 0 Å². The highest BCUT2D eigenvalue weighted by Gasteiger charge is 1.98. The zero-order chi connectivity index (χ0) is 11.5. The highest BCUT2D eigenvalue weighted by molar-refractivity contribution is 5.78. The van der Waals surface area contributed by atoms with Crippen LogP contribution in [0.25, 0.3) is 0 Å². The summed E-state index contributed by atoms with van der Waals surface area (Å²) in [7, 11) is 0. The number of carbonyl (C=O) groups excluding carboxylic acids is 2. The van der Waals surface area contributed by atoms with Gasteiger partial charge in [0.05, 0.1) is 6.61 Å². The number of carboxylic acid groups (broad SMARTS) is 1. The average Bonchev–Trinajstić information content (AvgIpc) is 2.19. The maximum absolute atomic E-state index is 10.9. The van der Waals surface area contributed by atoms with E-state index in [0.29, 0.717) is 12.9 Å². The Morgan fingerprint density at radius 2 is 2.20 bits per heavy atom. The molecule has 0 bridgehead atoms. The van der Waals surface area contributed by atoms with E-state index in [-0.39, 0.29) is 25.4 Å². The number of nitrogens with one attached hydrogen (secondary N) is 1. The molecule has 0 atom stereocenters. The molecule has 0 aromatic heterocycles. The van der Waals surface area contributed by atoms with Gasteiger partial charge < -0.3 is 9.84 Å². The zero-order valence-electron chi connectivity index (χ0n) is 7.99. The van der Waals surface area contributed by atoms with Crippen LogP contribution in [0.4, 0.5) is 0 Å². The monoisotopic (exact) mass is 213 g/mol. The summed E-state index contributed by atoms with van der Waals surface area (Å²) in [4.78, 5) is 30.7. The third kappa shape index (κ3) is 9.89. The number of ether oxygens (including phenoxy) is 1. The highest BCUT2D eigenvalue weighted by Crippen LogP contribution is 1.88. The second-order valence-corrected chi connectivity index (χ2v) is 2.49. The number of aliphatic carboxylic acids is 1. The van der Waals surface area contributed by atoms with Crippen molar-refractivity contribution in [3.63, 3.8) is 0 Å². The molecule has 1 amide bonds. The van der Waals surface area contributed by atoms with Gasteiger partial charge in [-0.3, -0.25) is 19.7 Å². The molecule has 6 heteroatoms. The van der Waals surface area contributed by atoms with Gasteiger partial charge in [0.25, 0.3) is 6.47 Å². The van der Waals surface area contributed by atoms with Crippen LogP contribution in [0.3, 0.4) is 0 Å². The van der Waals surface area contributed by atoms with Gasteiger partial charge in [-0.25, -0.2) is 0 Å². The minimum atomic E-state index is -1.05. The second-order valence-electron chi connectivity index (χ2n) is 2.49. The van der Waals surface area contributed by atoms with Crippen molar-refractivity contribution >= 4 is 18.3 Å². The molecule has 0 rings (SSSR count). The van der Waals surface area contributed by atoms with Crippen LogP contribution < -0.4 is 5.32 Å². The Hall–Kier alpha value is -2.03. The van der Waals surface area contributed by atoms with E-state index in [1.165, 1.54) is 0 Å². The third-order valence-corrected chi connectivity index (χ3v) is 1.26. The molecule has 0 aliphatic rings. The molecule has 0 aliphatic carbocycles. The molecule has 0 aliphatic heterocycles. The zero-order valence-corrected chi connectivity index (χ0v) is 7.99. The van der Waals surface area contributed by atoms with Crippen molar-refractivity contribution in [1.29, 1.82) is 0 Å². The van der Waals surface area contributed by atoms with E-state index in [4.69, 9.17) is 5.11 Å². The fourth-order valence-corrected chi connectivity index (χ4v) is 0.660. The molecule has 0 fully saturated rings. The van der Waals surface area contributed by atoms with Gasteiger partial charge in [0.1, 0.15) is 6.42 Å². The van der Waals surface area contributed by atoms with Crippen LogP contribution in [0.5, 0.6) is 0 Å². The highest BCUT2D eigenvalue weighted by atomic mass is 16.5. The van der Waals surface area contributed by atoms with E-state index in [9.17, 15) is 14.4 Å². The van der Waals surface area contributed by atoms with Crippen LogP contribution in [0, 0.1) is 12.0 Å². The summed E-state index contributed by atoms with van der Waals surface area (Å²) in [5.41, 5.74) is 0. The third-order valence-electron chi connectivity index (χ3n) is 1.26. The van der Waals surface area contributed by atoms with E-state index < -0.39 is 5.97 Å². The smallest absolute Gasteiger partial charge is 0.315 e. The molecular formula is C9H11NO5. The first-order chi connectivity index (χ1) is 7.16. The lowest BCUT2D eigenvalue weighted by atomic mass is 10.3. The fourth-order valence-electron chi connectivity index (χ4n) is 0.660. The van der Waals surface area contributed by atoms with E-state index >= 15 is 0 Å². The summed E-state index contributed by atoms with van der Waals surface area (Å²) >= 11 is 0. The topological polar surface area (TPSA) is 92.7 Å². The first-order valence-electron chi connectivity index (χ1n) is 4.20. The van der Waals surface area contributed by atoms with Gasteiger partial charge in [0.15, 0.2) is 0 Å². The van der Waals surface area contributed by atoms with Crippen LogP contribution in [-0.2, 0) is 19.1 Å². The molecule has 6 nitrogen and oxygen atoms in total. The Kier molecular flexibility index (Phi) is 7.40. The summed E-state index contributed by atoms with van der Waals surface area (Å²) in [6.07, 6.45) is 0.273. The summed E-state index contributed by atoms with van der Waals surface area (Å²) in [5.74, 6) is 0.872. The Morgan fingerprint density at radius 3 is 2.80 bits per heavy atom. The minimum Gasteiger partial charge on any atom is -0.481 e. The quantitative estimate of drug-likeness (QED) is 0.268. The van der Waals surface area contributed by atoms with Crippen LogP contribution >= 0.6 is 0 Å². The van der Waals surface area contributed by atoms with Crippen molar-refractivity contribution in [3.8, 4) is 12.0 Å². The van der Waals surface area contributed by atoms with E-state index in [2.05, 4.69) is 22.0 Å². The number of hydrogen-bond acceptors (Lipinski definition) is 4.